The molecule has 0 saturated carbocycles. The van der Waals surface area contributed by atoms with Crippen LogP contribution in [0.25, 0.3) is 0 Å². The van der Waals surface area contributed by atoms with Crippen LogP contribution >= 0.6 is 11.6 Å². The fraction of sp³-hybridized carbons (Fsp3) is 0.235. The summed E-state index contributed by atoms with van der Waals surface area (Å²) in [4.78, 5) is 11.5. The maximum atomic E-state index is 11.5. The Labute approximate surface area is 124 Å². The largest absolute Gasteiger partial charge is 0.481 e. The Kier molecular flexibility index (Phi) is 4.46. The van der Waals surface area contributed by atoms with Crippen molar-refractivity contribution in [1.82, 2.24) is 0 Å². The van der Waals surface area contributed by atoms with Crippen LogP contribution in [0.5, 0.6) is 0 Å². The molecule has 1 N–H and O–H groups in total. The summed E-state index contributed by atoms with van der Waals surface area (Å²) >= 11 is 6.09. The van der Waals surface area contributed by atoms with Gasteiger partial charge in [0.25, 0.3) is 0 Å². The van der Waals surface area contributed by atoms with Gasteiger partial charge in [-0.25, -0.2) is 0 Å². The highest BCUT2D eigenvalue weighted by Crippen LogP contribution is 2.26. The van der Waals surface area contributed by atoms with Gasteiger partial charge in [0.2, 0.25) is 0 Å². The smallest absolute Gasteiger partial charge is 0.311 e. The Morgan fingerprint density at radius 1 is 1.15 bits per heavy atom. The van der Waals surface area contributed by atoms with Gasteiger partial charge in [-0.1, -0.05) is 53.6 Å². The second-order valence-electron chi connectivity index (χ2n) is 5.09. The minimum absolute atomic E-state index is 0.467. The topological polar surface area (TPSA) is 37.3 Å². The van der Waals surface area contributed by atoms with Gasteiger partial charge in [0.05, 0.1) is 5.92 Å². The third-order valence-electron chi connectivity index (χ3n) is 3.46. The fourth-order valence-electron chi connectivity index (χ4n) is 2.13. The Morgan fingerprint density at radius 3 is 2.35 bits per heavy atom. The number of rotatable bonds is 4. The molecule has 0 bridgehead atoms. The van der Waals surface area contributed by atoms with Crippen molar-refractivity contribution >= 4 is 17.6 Å². The Morgan fingerprint density at radius 2 is 1.80 bits per heavy atom. The van der Waals surface area contributed by atoms with Crippen molar-refractivity contribution in [3.8, 4) is 0 Å². The standard InChI is InChI=1S/C17H17ClO2/c1-11-3-6-13(7-4-11)9-15(17(19)20)14-8-5-12(2)16(18)10-14/h3-8,10,15H,9H2,1-2H3,(H,19,20). The Hall–Kier alpha value is -1.80. The number of aliphatic carboxylic acids is 1. The molecule has 0 aliphatic rings. The third-order valence-corrected chi connectivity index (χ3v) is 3.86. The lowest BCUT2D eigenvalue weighted by atomic mass is 9.91. The molecule has 3 heteroatoms. The maximum Gasteiger partial charge on any atom is 0.311 e. The molecular formula is C17H17ClO2. The normalized spacial score (nSPS) is 12.2. The van der Waals surface area contributed by atoms with Gasteiger partial charge in [-0.3, -0.25) is 4.79 Å². The molecule has 2 nitrogen and oxygen atoms in total. The second kappa shape index (κ2) is 6.10. The molecule has 0 aromatic heterocycles. The highest BCUT2D eigenvalue weighted by molar-refractivity contribution is 6.31. The summed E-state index contributed by atoms with van der Waals surface area (Å²) in [5.74, 6) is -1.40. The number of carboxylic acids is 1. The predicted molar refractivity (Wildman–Crippen MR) is 81.4 cm³/mol. The van der Waals surface area contributed by atoms with E-state index in [1.807, 2.05) is 50.2 Å². The molecule has 2 aromatic carbocycles. The van der Waals surface area contributed by atoms with Gasteiger partial charge in [0, 0.05) is 5.02 Å². The number of aryl methyl sites for hydroxylation is 2. The summed E-state index contributed by atoms with van der Waals surface area (Å²) < 4.78 is 0. The number of halogens is 1. The molecule has 104 valence electrons. The molecule has 1 unspecified atom stereocenters. The Balaban J connectivity index is 2.29. The lowest BCUT2D eigenvalue weighted by molar-refractivity contribution is -0.138. The van der Waals surface area contributed by atoms with Gasteiger partial charge >= 0.3 is 5.97 Å². The Bertz CT molecular complexity index is 617. The first-order valence-corrected chi connectivity index (χ1v) is 6.89. The van der Waals surface area contributed by atoms with Crippen LogP contribution in [-0.2, 0) is 11.2 Å². The van der Waals surface area contributed by atoms with Crippen molar-refractivity contribution in [2.45, 2.75) is 26.2 Å². The number of hydrogen-bond donors (Lipinski definition) is 1. The summed E-state index contributed by atoms with van der Waals surface area (Å²) in [7, 11) is 0. The molecule has 0 fully saturated rings. The number of hydrogen-bond acceptors (Lipinski definition) is 1. The highest BCUT2D eigenvalue weighted by Gasteiger charge is 2.20. The van der Waals surface area contributed by atoms with Gasteiger partial charge in [-0.15, -0.1) is 0 Å². The molecule has 0 amide bonds. The van der Waals surface area contributed by atoms with Crippen molar-refractivity contribution in [1.29, 1.82) is 0 Å². The monoisotopic (exact) mass is 288 g/mol. The summed E-state index contributed by atoms with van der Waals surface area (Å²) in [6.07, 6.45) is 0.467. The summed E-state index contributed by atoms with van der Waals surface area (Å²) in [6.45, 7) is 3.92. The van der Waals surface area contributed by atoms with Gasteiger partial charge in [0.15, 0.2) is 0 Å². The molecule has 0 radical (unpaired) electrons. The van der Waals surface area contributed by atoms with Crippen LogP contribution in [0, 0.1) is 13.8 Å². The molecule has 0 heterocycles. The van der Waals surface area contributed by atoms with Crippen LogP contribution in [0.2, 0.25) is 5.02 Å². The quantitative estimate of drug-likeness (QED) is 0.907. The van der Waals surface area contributed by atoms with Gasteiger partial charge in [-0.2, -0.15) is 0 Å². The van der Waals surface area contributed by atoms with E-state index in [0.717, 1.165) is 16.7 Å². The van der Waals surface area contributed by atoms with Crippen molar-refractivity contribution in [2.24, 2.45) is 0 Å². The fourth-order valence-corrected chi connectivity index (χ4v) is 2.32. The predicted octanol–water partition coefficient (Wildman–Crippen LogP) is 4.37. The zero-order valence-electron chi connectivity index (χ0n) is 11.6. The SMILES string of the molecule is Cc1ccc(CC(C(=O)O)c2ccc(C)c(Cl)c2)cc1. The van der Waals surface area contributed by atoms with Crippen LogP contribution in [-0.4, -0.2) is 11.1 Å². The van der Waals surface area contributed by atoms with E-state index in [2.05, 4.69) is 0 Å². The van der Waals surface area contributed by atoms with Crippen LogP contribution in [0.15, 0.2) is 42.5 Å². The average Bonchev–Trinajstić information content (AvgIpc) is 2.41. The van der Waals surface area contributed by atoms with E-state index in [4.69, 9.17) is 11.6 Å². The third kappa shape index (κ3) is 3.40. The number of carboxylic acid groups (broad SMARTS) is 1. The van der Waals surface area contributed by atoms with E-state index >= 15 is 0 Å². The summed E-state index contributed by atoms with van der Waals surface area (Å²) in [5.41, 5.74) is 3.88. The first kappa shape index (κ1) is 14.6. The maximum absolute atomic E-state index is 11.5. The van der Waals surface area contributed by atoms with Gasteiger partial charge in [0.1, 0.15) is 0 Å². The minimum Gasteiger partial charge on any atom is -0.481 e. The highest BCUT2D eigenvalue weighted by atomic mass is 35.5. The van der Waals surface area contributed by atoms with Crippen LogP contribution < -0.4 is 0 Å². The van der Waals surface area contributed by atoms with E-state index in [0.29, 0.717) is 11.4 Å². The molecular weight excluding hydrogens is 272 g/mol. The number of carbonyl (C=O) groups is 1. The molecule has 1 atom stereocenters. The molecule has 20 heavy (non-hydrogen) atoms. The molecule has 2 aromatic rings. The van der Waals surface area contributed by atoms with Crippen LogP contribution in [0.3, 0.4) is 0 Å². The second-order valence-corrected chi connectivity index (χ2v) is 5.50. The van der Waals surface area contributed by atoms with Gasteiger partial charge < -0.3 is 5.11 Å². The zero-order valence-corrected chi connectivity index (χ0v) is 12.3. The van der Waals surface area contributed by atoms with Gasteiger partial charge in [-0.05, 0) is 43.0 Å². The average molecular weight is 289 g/mol. The number of benzene rings is 2. The minimum atomic E-state index is -0.828. The van der Waals surface area contributed by atoms with Crippen molar-refractivity contribution < 1.29 is 9.90 Å². The van der Waals surface area contributed by atoms with Crippen LogP contribution in [0.4, 0.5) is 0 Å². The van der Waals surface area contributed by atoms with Crippen molar-refractivity contribution in [2.75, 3.05) is 0 Å². The van der Waals surface area contributed by atoms with E-state index in [-0.39, 0.29) is 0 Å². The van der Waals surface area contributed by atoms with Crippen LogP contribution in [0.1, 0.15) is 28.2 Å². The summed E-state index contributed by atoms with van der Waals surface area (Å²) in [6, 6.07) is 13.4. The summed E-state index contributed by atoms with van der Waals surface area (Å²) in [5, 5.41) is 10.1. The van der Waals surface area contributed by atoms with E-state index < -0.39 is 11.9 Å². The van der Waals surface area contributed by atoms with Crippen molar-refractivity contribution in [3.05, 3.63) is 69.7 Å². The van der Waals surface area contributed by atoms with E-state index in [9.17, 15) is 9.90 Å². The first-order valence-electron chi connectivity index (χ1n) is 6.52. The lowest BCUT2D eigenvalue weighted by Gasteiger charge is -2.14. The van der Waals surface area contributed by atoms with Crippen molar-refractivity contribution in [3.63, 3.8) is 0 Å². The van der Waals surface area contributed by atoms with E-state index in [1.54, 1.807) is 6.07 Å². The molecule has 0 spiro atoms. The molecule has 0 aliphatic heterocycles. The molecule has 0 aliphatic carbocycles. The zero-order chi connectivity index (χ0) is 14.7. The lowest BCUT2D eigenvalue weighted by Crippen LogP contribution is -2.14. The first-order chi connectivity index (χ1) is 9.47. The van der Waals surface area contributed by atoms with E-state index in [1.165, 1.54) is 5.56 Å². The molecule has 2 rings (SSSR count). The molecule has 0 saturated heterocycles.